The maximum atomic E-state index is 12.7. The van der Waals surface area contributed by atoms with E-state index in [1.807, 2.05) is 4.68 Å². The average Bonchev–Trinajstić information content (AvgIpc) is 3.15. The van der Waals surface area contributed by atoms with Gasteiger partial charge in [-0.25, -0.2) is 0 Å². The monoisotopic (exact) mass is 396 g/mol. The van der Waals surface area contributed by atoms with Gasteiger partial charge in [-0.15, -0.1) is 0 Å². The molecule has 2 aliphatic rings. The van der Waals surface area contributed by atoms with Crippen LogP contribution in [0.4, 0.5) is 0 Å². The van der Waals surface area contributed by atoms with Crippen LogP contribution in [0.2, 0.25) is 0 Å². The van der Waals surface area contributed by atoms with Gasteiger partial charge in [-0.3, -0.25) is 14.4 Å². The summed E-state index contributed by atoms with van der Waals surface area (Å²) in [6.45, 7) is 8.10. The topological polar surface area (TPSA) is 59.4 Å². The predicted octanol–water partition coefficient (Wildman–Crippen LogP) is 3.01. The van der Waals surface area contributed by atoms with E-state index in [2.05, 4.69) is 52.6 Å². The highest BCUT2D eigenvalue weighted by molar-refractivity contribution is 5.94. The number of hydrogen-bond acceptors (Lipinski definition) is 4. The maximum absolute atomic E-state index is 12.7. The van der Waals surface area contributed by atoms with Gasteiger partial charge in [-0.2, -0.15) is 5.10 Å². The number of hydrogen-bond donors (Lipinski definition) is 1. The smallest absolute Gasteiger partial charge is 0.272 e. The van der Waals surface area contributed by atoms with Crippen molar-refractivity contribution in [3.8, 4) is 0 Å². The van der Waals surface area contributed by atoms with Gasteiger partial charge < -0.3 is 10.1 Å². The third-order valence-corrected chi connectivity index (χ3v) is 6.20. The zero-order valence-corrected chi connectivity index (χ0v) is 17.4. The number of benzene rings is 1. The Morgan fingerprint density at radius 3 is 2.79 bits per heavy atom. The summed E-state index contributed by atoms with van der Waals surface area (Å²) in [6, 6.07) is 10.7. The number of aryl methyl sites for hydroxylation is 1. The Morgan fingerprint density at radius 2 is 2.03 bits per heavy atom. The van der Waals surface area contributed by atoms with Gasteiger partial charge in [0.15, 0.2) is 5.69 Å². The van der Waals surface area contributed by atoms with Crippen molar-refractivity contribution in [2.24, 2.45) is 5.92 Å². The lowest BCUT2D eigenvalue weighted by molar-refractivity contribution is 0.0920. The molecule has 1 N–H and O–H groups in total. The average molecular weight is 397 g/mol. The molecule has 0 aliphatic carbocycles. The summed E-state index contributed by atoms with van der Waals surface area (Å²) in [7, 11) is 0. The Labute approximate surface area is 173 Å². The van der Waals surface area contributed by atoms with Crippen LogP contribution < -0.4 is 5.32 Å². The molecule has 1 saturated heterocycles. The summed E-state index contributed by atoms with van der Waals surface area (Å²) in [5, 5.41) is 7.64. The molecule has 3 heterocycles. The second-order valence-corrected chi connectivity index (χ2v) is 8.14. The first-order valence-corrected chi connectivity index (χ1v) is 11.0. The number of carbonyl (C=O) groups excluding carboxylic acids is 1. The summed E-state index contributed by atoms with van der Waals surface area (Å²) < 4.78 is 7.51. The zero-order chi connectivity index (χ0) is 20.1. The first-order chi connectivity index (χ1) is 14.2. The minimum Gasteiger partial charge on any atom is -0.376 e. The van der Waals surface area contributed by atoms with Crippen molar-refractivity contribution < 1.29 is 9.53 Å². The van der Waals surface area contributed by atoms with Crippen molar-refractivity contribution in [1.82, 2.24) is 20.0 Å². The van der Waals surface area contributed by atoms with E-state index in [1.165, 1.54) is 18.4 Å². The lowest BCUT2D eigenvalue weighted by Crippen LogP contribution is -2.35. The molecule has 0 spiro atoms. The van der Waals surface area contributed by atoms with Crippen molar-refractivity contribution in [2.45, 2.75) is 52.3 Å². The normalized spacial score (nSPS) is 17.8. The Hall–Kier alpha value is -2.18. The molecule has 0 radical (unpaired) electrons. The highest BCUT2D eigenvalue weighted by Crippen LogP contribution is 2.23. The van der Waals surface area contributed by atoms with E-state index in [9.17, 15) is 4.79 Å². The van der Waals surface area contributed by atoms with E-state index < -0.39 is 0 Å². The van der Waals surface area contributed by atoms with Gasteiger partial charge in [0.05, 0.1) is 13.2 Å². The van der Waals surface area contributed by atoms with Crippen LogP contribution in [-0.2, 0) is 30.9 Å². The maximum Gasteiger partial charge on any atom is 0.272 e. The van der Waals surface area contributed by atoms with Gasteiger partial charge >= 0.3 is 0 Å². The van der Waals surface area contributed by atoms with Crippen LogP contribution in [0, 0.1) is 5.92 Å². The summed E-state index contributed by atoms with van der Waals surface area (Å²) >= 11 is 0. The highest BCUT2D eigenvalue weighted by atomic mass is 16.5. The summed E-state index contributed by atoms with van der Waals surface area (Å²) in [6.07, 6.45) is 4.29. The molecule has 6 heteroatoms. The minimum atomic E-state index is -0.0551. The van der Waals surface area contributed by atoms with E-state index in [-0.39, 0.29) is 5.91 Å². The molecule has 0 atom stereocenters. The zero-order valence-electron chi connectivity index (χ0n) is 17.4. The number of aromatic nitrogens is 2. The molecule has 4 rings (SSSR count). The van der Waals surface area contributed by atoms with E-state index in [1.54, 1.807) is 0 Å². The van der Waals surface area contributed by atoms with Gasteiger partial charge in [-0.1, -0.05) is 30.3 Å². The number of likely N-dealkylation sites (tertiary alicyclic amines) is 1. The van der Waals surface area contributed by atoms with Crippen molar-refractivity contribution in [2.75, 3.05) is 26.2 Å². The van der Waals surface area contributed by atoms with Crippen LogP contribution in [0.25, 0.3) is 0 Å². The van der Waals surface area contributed by atoms with Crippen LogP contribution in [-0.4, -0.2) is 46.8 Å². The minimum absolute atomic E-state index is 0.0551. The molecular weight excluding hydrogens is 364 g/mol. The fourth-order valence-electron chi connectivity index (χ4n) is 4.50. The number of amides is 1. The third-order valence-electron chi connectivity index (χ3n) is 6.20. The van der Waals surface area contributed by atoms with Crippen LogP contribution in [0.1, 0.15) is 53.5 Å². The molecule has 1 fully saturated rings. The lowest BCUT2D eigenvalue weighted by Gasteiger charge is -2.32. The molecule has 29 heavy (non-hydrogen) atoms. The number of carbonyl (C=O) groups is 1. The molecule has 0 unspecified atom stereocenters. The molecular formula is C23H32N4O2. The van der Waals surface area contributed by atoms with Gasteiger partial charge in [0.25, 0.3) is 5.91 Å². The van der Waals surface area contributed by atoms with Crippen LogP contribution >= 0.6 is 0 Å². The Morgan fingerprint density at radius 1 is 1.24 bits per heavy atom. The molecule has 1 aromatic heterocycles. The van der Waals surface area contributed by atoms with Crippen LogP contribution in [0.5, 0.6) is 0 Å². The largest absolute Gasteiger partial charge is 0.376 e. The Kier molecular flexibility index (Phi) is 6.62. The molecule has 1 aromatic carbocycles. The summed E-state index contributed by atoms with van der Waals surface area (Å²) in [4.78, 5) is 15.2. The van der Waals surface area contributed by atoms with E-state index in [4.69, 9.17) is 4.74 Å². The van der Waals surface area contributed by atoms with Gasteiger partial charge in [0.1, 0.15) is 0 Å². The number of nitrogens with one attached hydrogen (secondary N) is 1. The van der Waals surface area contributed by atoms with E-state index in [0.717, 1.165) is 56.8 Å². The number of rotatable bonds is 7. The highest BCUT2D eigenvalue weighted by Gasteiger charge is 2.25. The predicted molar refractivity (Wildman–Crippen MR) is 113 cm³/mol. The van der Waals surface area contributed by atoms with Crippen LogP contribution in [0.3, 0.4) is 0 Å². The summed E-state index contributed by atoms with van der Waals surface area (Å²) in [5.41, 5.74) is 4.08. The molecule has 0 bridgehead atoms. The second kappa shape index (κ2) is 9.55. The van der Waals surface area contributed by atoms with Crippen molar-refractivity contribution in [3.63, 3.8) is 0 Å². The molecule has 1 amide bonds. The molecule has 156 valence electrons. The lowest BCUT2D eigenvalue weighted by atomic mass is 9.93. The van der Waals surface area contributed by atoms with Crippen LogP contribution in [0.15, 0.2) is 30.3 Å². The number of fused-ring (bicyclic) bond motifs is 1. The molecule has 6 nitrogen and oxygen atoms in total. The van der Waals surface area contributed by atoms with Crippen molar-refractivity contribution in [3.05, 3.63) is 52.8 Å². The van der Waals surface area contributed by atoms with Gasteiger partial charge in [-0.05, 0) is 50.8 Å². The van der Waals surface area contributed by atoms with Gasteiger partial charge in [0, 0.05) is 37.3 Å². The second-order valence-electron chi connectivity index (χ2n) is 8.14. The molecule has 2 aliphatic heterocycles. The van der Waals surface area contributed by atoms with E-state index in [0.29, 0.717) is 24.8 Å². The van der Waals surface area contributed by atoms with Crippen molar-refractivity contribution >= 4 is 5.91 Å². The third kappa shape index (κ3) is 4.87. The fourth-order valence-corrected chi connectivity index (χ4v) is 4.50. The molecule has 2 aromatic rings. The number of ether oxygens (including phenoxy) is 1. The van der Waals surface area contributed by atoms with Crippen molar-refractivity contribution in [1.29, 1.82) is 0 Å². The van der Waals surface area contributed by atoms with Gasteiger partial charge in [0.2, 0.25) is 0 Å². The fraction of sp³-hybridized carbons (Fsp3) is 0.565. The Balaban J connectivity index is 1.22. The SMILES string of the molecule is CCn1nc(C(=O)NCCC2CCN(Cc3ccccc3)CC2)c2c1CCOC2. The first-order valence-electron chi connectivity index (χ1n) is 11.0. The quantitative estimate of drug-likeness (QED) is 0.782. The number of nitrogens with zero attached hydrogens (tertiary/aromatic N) is 3. The Bertz CT molecular complexity index is 810. The summed E-state index contributed by atoms with van der Waals surface area (Å²) in [5.74, 6) is 0.633. The standard InChI is InChI=1S/C23H32N4O2/c1-2-27-21-11-15-29-17-20(21)22(25-27)23(28)24-12-8-18-9-13-26(14-10-18)16-19-6-4-3-5-7-19/h3-7,18H,2,8-17H2,1H3,(H,24,28). The molecule has 0 saturated carbocycles. The van der Waals surface area contributed by atoms with E-state index >= 15 is 0 Å². The first kappa shape index (κ1) is 20.1. The number of piperidine rings is 1.